The number of rotatable bonds is 0. The zero-order chi connectivity index (χ0) is 20.0. The molecule has 0 aromatic rings. The van der Waals surface area contributed by atoms with Crippen molar-refractivity contribution in [2.75, 3.05) is 0 Å². The average molecular weight is 430 g/mol. The van der Waals surface area contributed by atoms with Gasteiger partial charge in [-0.2, -0.15) is 31.6 Å². The van der Waals surface area contributed by atoms with Crippen LogP contribution in [0, 0.1) is 49.4 Å². The second-order valence-electron chi connectivity index (χ2n) is 8.69. The smallest absolute Gasteiger partial charge is 0.0435 e. The van der Waals surface area contributed by atoms with Crippen LogP contribution in [0.2, 0.25) is 0 Å². The summed E-state index contributed by atoms with van der Waals surface area (Å²) in [6.07, 6.45) is 12.0. The van der Waals surface area contributed by atoms with Gasteiger partial charge in [-0.15, -0.1) is 0 Å². The van der Waals surface area contributed by atoms with Crippen LogP contribution in [0.25, 0.3) is 0 Å². The summed E-state index contributed by atoms with van der Waals surface area (Å²) in [5.41, 5.74) is 0.189. The first-order chi connectivity index (χ1) is 11.6. The minimum absolute atomic E-state index is 0.189. The summed E-state index contributed by atoms with van der Waals surface area (Å²) in [6, 6.07) is 0. The van der Waals surface area contributed by atoms with E-state index in [9.17, 15) is 0 Å². The topological polar surface area (TPSA) is 12.4 Å². The van der Waals surface area contributed by atoms with Gasteiger partial charge in [-0.1, -0.05) is 65.7 Å². The van der Waals surface area contributed by atoms with E-state index >= 15 is 0 Å². The molecule has 0 aromatic heterocycles. The third-order valence-electron chi connectivity index (χ3n) is 5.54. The van der Waals surface area contributed by atoms with Gasteiger partial charge in [-0.25, -0.2) is 0 Å². The molecule has 2 rings (SSSR count). The van der Waals surface area contributed by atoms with E-state index in [0.29, 0.717) is 0 Å². The van der Waals surface area contributed by atoms with Crippen molar-refractivity contribution < 1.29 is 20.9 Å². The molecule has 0 radical (unpaired) electrons. The molecule has 0 heterocycles. The maximum absolute atomic E-state index is 4.07. The van der Waals surface area contributed by atoms with E-state index in [1.807, 2.05) is 0 Å². The molecule has 2 heteroatoms. The summed E-state index contributed by atoms with van der Waals surface area (Å²) in [4.78, 5) is 0. The molecule has 151 valence electrons. The molecule has 0 amide bonds. The molecule has 0 spiro atoms. The predicted molar refractivity (Wildman–Crippen MR) is 111 cm³/mol. The van der Waals surface area contributed by atoms with Gasteiger partial charge in [-0.05, 0) is 5.92 Å². The molecule has 0 saturated heterocycles. The Morgan fingerprint density at radius 3 is 1.36 bits per heavy atom. The largest absolute Gasteiger partial charge is 0.346 e. The first kappa shape index (κ1) is 27.8. The van der Waals surface area contributed by atoms with Crippen LogP contribution < -0.4 is 0 Å². The first-order valence-corrected chi connectivity index (χ1v) is 11.3. The third kappa shape index (κ3) is 14.3. The van der Waals surface area contributed by atoms with Gasteiger partial charge < -0.3 is 19.8 Å². The quantitative estimate of drug-likeness (QED) is 0.274. The molecular weight excluding hydrogens is 383 g/mol. The minimum Gasteiger partial charge on any atom is -0.346 e. The van der Waals surface area contributed by atoms with E-state index in [1.54, 1.807) is 6.92 Å². The van der Waals surface area contributed by atoms with Gasteiger partial charge in [0.25, 0.3) is 0 Å². The van der Waals surface area contributed by atoms with Crippen LogP contribution in [0.5, 0.6) is 0 Å². The van der Waals surface area contributed by atoms with E-state index < -0.39 is 0 Å². The summed E-state index contributed by atoms with van der Waals surface area (Å²) in [6.45, 7) is 23.1. The Balaban J connectivity index is 0. The fraction of sp³-hybridized carbons (Fsp3) is 0.870. The van der Waals surface area contributed by atoms with Gasteiger partial charge in [0.15, 0.2) is 0 Å². The van der Waals surface area contributed by atoms with E-state index in [0.717, 1.165) is 29.6 Å². The van der Waals surface area contributed by atoms with Crippen LogP contribution in [0.1, 0.15) is 94.4 Å². The third-order valence-corrected chi connectivity index (χ3v) is 7.02. The summed E-state index contributed by atoms with van der Waals surface area (Å²) in [5, 5.41) is 0. The summed E-state index contributed by atoms with van der Waals surface area (Å²) >= 11 is 1.52. The van der Waals surface area contributed by atoms with Crippen molar-refractivity contribution in [2.45, 2.75) is 100.0 Å². The summed E-state index contributed by atoms with van der Waals surface area (Å²) in [7, 11) is 0. The average Bonchev–Trinajstić information content (AvgIpc) is 2.62. The van der Waals surface area contributed by atoms with Crippen molar-refractivity contribution >= 4 is 0 Å². The van der Waals surface area contributed by atoms with E-state index in [-0.39, 0.29) is 5.54 Å². The Bertz CT molecular complexity index is 278. The molecule has 2 saturated carbocycles. The number of nitrogens with zero attached hydrogens (tertiary/aromatic N) is 1. The maximum atomic E-state index is 4.07. The van der Waals surface area contributed by atoms with Gasteiger partial charge >= 0.3 is 50.5 Å². The zero-order valence-electron chi connectivity index (χ0n) is 18.7. The fourth-order valence-corrected chi connectivity index (χ4v) is 3.16. The number of hydrogen-bond acceptors (Lipinski definition) is 1. The fourth-order valence-electron chi connectivity index (χ4n) is 3.16. The standard InChI is InChI=1S/C11H21.C6H11.C4H9N.C2H5.Nb/c1-7-6-8(2)10(4)11(5)9(7)3;1-2-4-6-5-3-1;1-4(2,3)5;1-2;/h6-11H,1-5H3;1H,2-6H2;1-3H3;1H2,2H3;/q2*-1;;-1;. The Morgan fingerprint density at radius 1 is 0.800 bits per heavy atom. The summed E-state index contributed by atoms with van der Waals surface area (Å²) < 4.78 is 4.07. The molecule has 0 bridgehead atoms. The molecule has 1 nitrogen and oxygen atoms in total. The van der Waals surface area contributed by atoms with Crippen molar-refractivity contribution in [3.05, 3.63) is 19.8 Å². The maximum Gasteiger partial charge on any atom is -0.0435 e. The second-order valence-corrected chi connectivity index (χ2v) is 9.18. The molecular formula is C23H46NNb-3. The molecule has 2 aliphatic rings. The second kappa shape index (κ2) is 15.6. The molecule has 0 aliphatic heterocycles. The SMILES string of the molecule is CC(C)(C)[N]=[Nb].CC1[CH-]C(C)C(C)C(C)C1C.[CH-]1CCCCC1.[CH2-]C. The van der Waals surface area contributed by atoms with Crippen LogP contribution in [0.15, 0.2) is 3.34 Å². The Hall–Kier alpha value is 0.540. The van der Waals surface area contributed by atoms with Crippen molar-refractivity contribution in [3.8, 4) is 0 Å². The van der Waals surface area contributed by atoms with Crippen molar-refractivity contribution in [2.24, 2.45) is 32.9 Å². The van der Waals surface area contributed by atoms with Crippen molar-refractivity contribution in [1.82, 2.24) is 0 Å². The number of hydrogen-bond donors (Lipinski definition) is 0. The zero-order valence-corrected chi connectivity index (χ0v) is 20.9. The molecule has 2 aliphatic carbocycles. The van der Waals surface area contributed by atoms with Crippen molar-refractivity contribution in [3.63, 3.8) is 0 Å². The molecule has 2 fully saturated rings. The molecule has 0 aromatic carbocycles. The van der Waals surface area contributed by atoms with Crippen molar-refractivity contribution in [1.29, 1.82) is 0 Å². The van der Waals surface area contributed by atoms with Crippen LogP contribution in [-0.4, -0.2) is 5.54 Å². The minimum atomic E-state index is 0.189. The predicted octanol–water partition coefficient (Wildman–Crippen LogP) is 7.90. The normalized spacial score (nSPS) is 31.8. The van der Waals surface area contributed by atoms with E-state index in [2.05, 4.69) is 78.5 Å². The molecule has 4 atom stereocenters. The van der Waals surface area contributed by atoms with Gasteiger partial charge in [0.1, 0.15) is 0 Å². The van der Waals surface area contributed by atoms with Crippen LogP contribution in [-0.2, 0) is 20.9 Å². The van der Waals surface area contributed by atoms with Gasteiger partial charge in [-0.3, -0.25) is 0 Å². The van der Waals surface area contributed by atoms with E-state index in [4.69, 9.17) is 0 Å². The van der Waals surface area contributed by atoms with E-state index in [1.165, 1.54) is 53.0 Å². The van der Waals surface area contributed by atoms with Gasteiger partial charge in [0.05, 0.1) is 0 Å². The molecule has 4 unspecified atom stereocenters. The summed E-state index contributed by atoms with van der Waals surface area (Å²) in [5.74, 6) is 4.28. The van der Waals surface area contributed by atoms with Crippen LogP contribution in [0.3, 0.4) is 0 Å². The van der Waals surface area contributed by atoms with Gasteiger partial charge in [0, 0.05) is 0 Å². The Kier molecular flexibility index (Phi) is 17.3. The molecule has 0 N–H and O–H groups in total. The first-order valence-electron chi connectivity index (χ1n) is 10.3. The van der Waals surface area contributed by atoms with Gasteiger partial charge in [0.2, 0.25) is 0 Å². The molecule has 25 heavy (non-hydrogen) atoms. The Labute approximate surface area is 173 Å². The van der Waals surface area contributed by atoms with Crippen LogP contribution in [0.4, 0.5) is 0 Å². The Morgan fingerprint density at radius 2 is 1.16 bits per heavy atom. The van der Waals surface area contributed by atoms with Crippen LogP contribution >= 0.6 is 0 Å². The monoisotopic (exact) mass is 429 g/mol.